The lowest BCUT2D eigenvalue weighted by Gasteiger charge is -2.40. The van der Waals surface area contributed by atoms with Crippen molar-refractivity contribution < 1.29 is 23.9 Å². The van der Waals surface area contributed by atoms with Gasteiger partial charge in [-0.15, -0.1) is 0 Å². The zero-order valence-electron chi connectivity index (χ0n) is 16.3. The summed E-state index contributed by atoms with van der Waals surface area (Å²) in [5.74, 6) is 1.21. The number of carbonyl (C=O) groups excluding carboxylic acids is 1. The number of amides is 2. The third-order valence-corrected chi connectivity index (χ3v) is 5.79. The summed E-state index contributed by atoms with van der Waals surface area (Å²) in [4.78, 5) is 24.9. The summed E-state index contributed by atoms with van der Waals surface area (Å²) in [6.45, 7) is 3.92. The second kappa shape index (κ2) is 8.36. The van der Waals surface area contributed by atoms with Crippen molar-refractivity contribution in [1.82, 2.24) is 19.9 Å². The number of halogens is 1. The van der Waals surface area contributed by atoms with Gasteiger partial charge in [-0.1, -0.05) is 17.3 Å². The monoisotopic (exact) mass is 404 g/mol. The Labute approximate surface area is 168 Å². The molecule has 1 aromatic carbocycles. The lowest BCUT2D eigenvalue weighted by atomic mass is 9.84. The third kappa shape index (κ3) is 4.34. The SMILES string of the molecule is Cc1noc(C2CC(c3ccc(OF)cc3)CN(C(=O)N3CCC(O)CC3)C2)n1. The molecule has 1 N–H and O–H groups in total. The van der Waals surface area contributed by atoms with Crippen molar-refractivity contribution in [3.63, 3.8) is 0 Å². The molecule has 2 amide bonds. The number of hydrogen-bond donors (Lipinski definition) is 1. The fourth-order valence-corrected chi connectivity index (χ4v) is 4.20. The molecule has 0 radical (unpaired) electrons. The number of likely N-dealkylation sites (tertiary alicyclic amines) is 2. The van der Waals surface area contributed by atoms with Crippen LogP contribution in [0.4, 0.5) is 9.32 Å². The van der Waals surface area contributed by atoms with E-state index in [9.17, 15) is 14.4 Å². The molecule has 3 heterocycles. The zero-order valence-corrected chi connectivity index (χ0v) is 16.3. The van der Waals surface area contributed by atoms with Gasteiger partial charge < -0.3 is 19.4 Å². The maximum atomic E-state index is 13.2. The van der Waals surface area contributed by atoms with E-state index in [0.717, 1.165) is 12.0 Å². The molecule has 2 fully saturated rings. The first kappa shape index (κ1) is 19.6. The highest BCUT2D eigenvalue weighted by Gasteiger charge is 2.36. The largest absolute Gasteiger partial charge is 0.393 e. The minimum absolute atomic E-state index is 0.0356. The van der Waals surface area contributed by atoms with Crippen LogP contribution in [0.15, 0.2) is 28.8 Å². The molecule has 4 rings (SSSR count). The molecule has 29 heavy (non-hydrogen) atoms. The molecule has 2 aromatic rings. The number of rotatable bonds is 3. The van der Waals surface area contributed by atoms with E-state index in [4.69, 9.17) is 4.52 Å². The average Bonchev–Trinajstić information content (AvgIpc) is 3.20. The molecule has 9 heteroatoms. The summed E-state index contributed by atoms with van der Waals surface area (Å²) in [6, 6.07) is 6.76. The zero-order chi connectivity index (χ0) is 20.4. The first-order valence-electron chi connectivity index (χ1n) is 9.94. The van der Waals surface area contributed by atoms with Gasteiger partial charge >= 0.3 is 6.03 Å². The first-order valence-corrected chi connectivity index (χ1v) is 9.94. The van der Waals surface area contributed by atoms with Gasteiger partial charge in [-0.3, -0.25) is 4.94 Å². The Kier molecular flexibility index (Phi) is 5.66. The van der Waals surface area contributed by atoms with E-state index in [1.54, 1.807) is 24.0 Å². The number of nitrogens with zero attached hydrogens (tertiary/aromatic N) is 4. The van der Waals surface area contributed by atoms with Crippen LogP contribution in [0.5, 0.6) is 5.75 Å². The highest BCUT2D eigenvalue weighted by atomic mass is 19.3. The van der Waals surface area contributed by atoms with Crippen LogP contribution in [0.25, 0.3) is 0 Å². The van der Waals surface area contributed by atoms with Crippen LogP contribution >= 0.6 is 0 Å². The molecule has 1 aromatic heterocycles. The molecule has 2 aliphatic heterocycles. The predicted molar refractivity (Wildman–Crippen MR) is 101 cm³/mol. The topological polar surface area (TPSA) is 91.9 Å². The molecule has 2 saturated heterocycles. The molecule has 0 saturated carbocycles. The smallest absolute Gasteiger partial charge is 0.320 e. The Hall–Kier alpha value is -2.68. The van der Waals surface area contributed by atoms with Gasteiger partial charge in [-0.05, 0) is 43.9 Å². The lowest BCUT2D eigenvalue weighted by molar-refractivity contribution is -0.00623. The molecular weight excluding hydrogens is 379 g/mol. The van der Waals surface area contributed by atoms with Crippen molar-refractivity contribution in [2.75, 3.05) is 26.2 Å². The van der Waals surface area contributed by atoms with E-state index >= 15 is 0 Å². The van der Waals surface area contributed by atoms with Crippen molar-refractivity contribution in [1.29, 1.82) is 0 Å². The predicted octanol–water partition coefficient (Wildman–Crippen LogP) is 2.79. The minimum Gasteiger partial charge on any atom is -0.393 e. The van der Waals surface area contributed by atoms with E-state index in [-0.39, 0.29) is 29.7 Å². The summed E-state index contributed by atoms with van der Waals surface area (Å²) >= 11 is 0. The Bertz CT molecular complexity index is 835. The summed E-state index contributed by atoms with van der Waals surface area (Å²) in [5, 5.41) is 13.6. The minimum atomic E-state index is -0.335. The Balaban J connectivity index is 1.55. The Morgan fingerprint density at radius 3 is 2.48 bits per heavy atom. The standard InChI is InChI=1S/C20H25FN4O4/c1-13-22-19(29-23-13)16-10-15(14-2-4-18(28-21)5-3-14)11-25(12-16)20(27)24-8-6-17(26)7-9-24/h2-5,15-17,26H,6-12H2,1H3. The van der Waals surface area contributed by atoms with Gasteiger partial charge in [0.05, 0.1) is 12.0 Å². The average molecular weight is 404 g/mol. The molecule has 2 unspecified atom stereocenters. The van der Waals surface area contributed by atoms with E-state index in [0.29, 0.717) is 50.7 Å². The lowest BCUT2D eigenvalue weighted by Crippen LogP contribution is -2.51. The van der Waals surface area contributed by atoms with Crippen molar-refractivity contribution in [3.8, 4) is 5.75 Å². The fraction of sp³-hybridized carbons (Fsp3) is 0.550. The van der Waals surface area contributed by atoms with E-state index in [1.807, 2.05) is 17.0 Å². The maximum absolute atomic E-state index is 13.2. The van der Waals surface area contributed by atoms with Gasteiger partial charge in [-0.25, -0.2) is 4.79 Å². The van der Waals surface area contributed by atoms with Crippen LogP contribution in [-0.4, -0.2) is 63.4 Å². The third-order valence-electron chi connectivity index (χ3n) is 5.79. The molecule has 2 aliphatic rings. The van der Waals surface area contributed by atoms with E-state index < -0.39 is 0 Å². The first-order chi connectivity index (χ1) is 14.0. The van der Waals surface area contributed by atoms with Gasteiger partial charge in [0.2, 0.25) is 5.89 Å². The van der Waals surface area contributed by atoms with Crippen molar-refractivity contribution >= 4 is 6.03 Å². The number of benzene rings is 1. The van der Waals surface area contributed by atoms with Gasteiger partial charge in [0.15, 0.2) is 11.6 Å². The van der Waals surface area contributed by atoms with E-state index in [1.165, 1.54) is 0 Å². The number of aryl methyl sites for hydroxylation is 1. The van der Waals surface area contributed by atoms with Crippen molar-refractivity contribution in [3.05, 3.63) is 41.5 Å². The van der Waals surface area contributed by atoms with Crippen LogP contribution in [0.2, 0.25) is 0 Å². The molecule has 0 bridgehead atoms. The highest BCUT2D eigenvalue weighted by Crippen LogP contribution is 2.36. The van der Waals surface area contributed by atoms with Crippen LogP contribution < -0.4 is 4.94 Å². The van der Waals surface area contributed by atoms with Crippen LogP contribution in [-0.2, 0) is 0 Å². The Morgan fingerprint density at radius 1 is 1.17 bits per heavy atom. The van der Waals surface area contributed by atoms with Crippen LogP contribution in [0.1, 0.15) is 48.4 Å². The number of urea groups is 1. The number of piperidine rings is 2. The summed E-state index contributed by atoms with van der Waals surface area (Å²) in [7, 11) is 0. The highest BCUT2D eigenvalue weighted by molar-refractivity contribution is 5.75. The molecular formula is C20H25FN4O4. The van der Waals surface area contributed by atoms with Gasteiger partial charge in [0, 0.05) is 36.6 Å². The molecule has 8 nitrogen and oxygen atoms in total. The van der Waals surface area contributed by atoms with Crippen LogP contribution in [0.3, 0.4) is 0 Å². The fourth-order valence-electron chi connectivity index (χ4n) is 4.20. The van der Waals surface area contributed by atoms with Gasteiger partial charge in [-0.2, -0.15) is 4.98 Å². The number of aliphatic hydroxyl groups excluding tert-OH is 1. The summed E-state index contributed by atoms with van der Waals surface area (Å²) in [6.07, 6.45) is 1.61. The Morgan fingerprint density at radius 2 is 1.86 bits per heavy atom. The number of hydrogen-bond acceptors (Lipinski definition) is 6. The van der Waals surface area contributed by atoms with Gasteiger partial charge in [0.25, 0.3) is 0 Å². The molecule has 156 valence electrons. The van der Waals surface area contributed by atoms with Crippen molar-refractivity contribution in [2.45, 2.75) is 44.1 Å². The molecule has 2 atom stereocenters. The second-order valence-electron chi connectivity index (χ2n) is 7.86. The van der Waals surface area contributed by atoms with Gasteiger partial charge in [0.1, 0.15) is 0 Å². The van der Waals surface area contributed by atoms with E-state index in [2.05, 4.69) is 15.1 Å². The van der Waals surface area contributed by atoms with Crippen LogP contribution in [0, 0.1) is 6.92 Å². The number of carbonyl (C=O) groups is 1. The van der Waals surface area contributed by atoms with Crippen molar-refractivity contribution in [2.24, 2.45) is 0 Å². The normalized spacial score (nSPS) is 23.3. The molecule has 0 aliphatic carbocycles. The number of aromatic nitrogens is 2. The number of aliphatic hydroxyl groups is 1. The summed E-state index contributed by atoms with van der Waals surface area (Å²) < 4.78 is 17.8. The summed E-state index contributed by atoms with van der Waals surface area (Å²) in [5.41, 5.74) is 0.999. The maximum Gasteiger partial charge on any atom is 0.320 e. The second-order valence-corrected chi connectivity index (χ2v) is 7.86. The quantitative estimate of drug-likeness (QED) is 0.846. The molecule has 0 spiro atoms.